The van der Waals surface area contributed by atoms with Gasteiger partial charge in [0.25, 0.3) is 0 Å². The molecule has 6 aromatic carbocycles. The van der Waals surface area contributed by atoms with Crippen LogP contribution in [0, 0.1) is 0 Å². The predicted molar refractivity (Wildman–Crippen MR) is 159 cm³/mol. The van der Waals surface area contributed by atoms with Crippen LogP contribution in [0.15, 0.2) is 133 Å². The molecule has 0 saturated carbocycles. The monoisotopic (exact) mass is 500 g/mol. The first-order chi connectivity index (χ1) is 19.3. The third-order valence-corrected chi connectivity index (χ3v) is 7.93. The van der Waals surface area contributed by atoms with Crippen molar-refractivity contribution in [2.45, 2.75) is 6.23 Å². The maximum atomic E-state index is 12.0. The number of imidazole rings is 1. The van der Waals surface area contributed by atoms with E-state index in [1.165, 1.54) is 0 Å². The van der Waals surface area contributed by atoms with Gasteiger partial charge in [-0.05, 0) is 27.6 Å². The molecule has 8 rings (SSSR count). The van der Waals surface area contributed by atoms with Crippen molar-refractivity contribution in [3.8, 4) is 44.8 Å². The van der Waals surface area contributed by atoms with E-state index in [1.807, 2.05) is 22.8 Å². The Morgan fingerprint density at radius 3 is 1.74 bits per heavy atom. The van der Waals surface area contributed by atoms with E-state index >= 15 is 0 Å². The standard InChI is InChI=1S/C36H24N2O/c39-36-31-22-19-26(23-11-4-1-5-12-23)29-17-10-18-30(32(29)31)35-37-33-27(24-13-6-2-7-14-24)20-21-28(34(33)38(35)36)25-15-8-3-9-16-25/h1-22,36,39H. The van der Waals surface area contributed by atoms with Gasteiger partial charge in [-0.25, -0.2) is 4.98 Å². The van der Waals surface area contributed by atoms with Crippen LogP contribution in [-0.4, -0.2) is 14.7 Å². The van der Waals surface area contributed by atoms with Crippen molar-refractivity contribution in [1.29, 1.82) is 0 Å². The summed E-state index contributed by atoms with van der Waals surface area (Å²) in [4.78, 5) is 5.30. The van der Waals surface area contributed by atoms with E-state index in [0.29, 0.717) is 0 Å². The molecule has 7 aromatic rings. The second-order valence-corrected chi connectivity index (χ2v) is 10.1. The SMILES string of the molecule is OC1c2ccc(-c3ccccc3)c3cccc(c23)-c2nc3c(-c4ccccc4)ccc(-c4ccccc4)c3n21. The molecule has 0 saturated heterocycles. The molecule has 39 heavy (non-hydrogen) atoms. The zero-order valence-electron chi connectivity index (χ0n) is 21.1. The van der Waals surface area contributed by atoms with Gasteiger partial charge in [0.15, 0.2) is 6.23 Å². The third-order valence-electron chi connectivity index (χ3n) is 7.93. The summed E-state index contributed by atoms with van der Waals surface area (Å²) < 4.78 is 2.03. The second-order valence-electron chi connectivity index (χ2n) is 10.1. The quantitative estimate of drug-likeness (QED) is 0.263. The van der Waals surface area contributed by atoms with E-state index < -0.39 is 6.23 Å². The number of benzene rings is 6. The zero-order valence-corrected chi connectivity index (χ0v) is 21.1. The Labute approximate surface area is 226 Å². The van der Waals surface area contributed by atoms with Gasteiger partial charge < -0.3 is 5.11 Å². The maximum absolute atomic E-state index is 12.0. The Bertz CT molecular complexity index is 2010. The number of rotatable bonds is 3. The molecule has 184 valence electrons. The van der Waals surface area contributed by atoms with Crippen molar-refractivity contribution in [2.24, 2.45) is 0 Å². The number of hydrogen-bond acceptors (Lipinski definition) is 2. The molecular formula is C36H24N2O. The molecule has 1 aliphatic heterocycles. The minimum Gasteiger partial charge on any atom is -0.369 e. The first kappa shape index (κ1) is 22.0. The Balaban J connectivity index is 1.48. The number of fused-ring (bicyclic) bond motifs is 4. The number of aromatic nitrogens is 2. The van der Waals surface area contributed by atoms with Gasteiger partial charge in [-0.2, -0.15) is 0 Å². The van der Waals surface area contributed by atoms with Gasteiger partial charge >= 0.3 is 0 Å². The normalized spacial score (nSPS) is 14.0. The Morgan fingerprint density at radius 2 is 1.08 bits per heavy atom. The number of aliphatic hydroxyl groups is 1. The summed E-state index contributed by atoms with van der Waals surface area (Å²) in [7, 11) is 0. The highest BCUT2D eigenvalue weighted by atomic mass is 16.3. The molecule has 0 aliphatic carbocycles. The van der Waals surface area contributed by atoms with Gasteiger partial charge in [-0.15, -0.1) is 0 Å². The van der Waals surface area contributed by atoms with E-state index in [2.05, 4.69) is 115 Å². The van der Waals surface area contributed by atoms with E-state index in [-0.39, 0.29) is 0 Å². The van der Waals surface area contributed by atoms with Crippen LogP contribution in [0.5, 0.6) is 0 Å². The Kier molecular flexibility index (Phi) is 4.81. The molecule has 1 N–H and O–H groups in total. The lowest BCUT2D eigenvalue weighted by molar-refractivity contribution is 0.152. The highest BCUT2D eigenvalue weighted by Gasteiger charge is 2.31. The van der Waals surface area contributed by atoms with Gasteiger partial charge in [0.1, 0.15) is 5.82 Å². The first-order valence-electron chi connectivity index (χ1n) is 13.2. The lowest BCUT2D eigenvalue weighted by Crippen LogP contribution is -2.16. The van der Waals surface area contributed by atoms with E-state index in [4.69, 9.17) is 4.98 Å². The van der Waals surface area contributed by atoms with Crippen LogP contribution in [0.25, 0.3) is 66.6 Å². The second kappa shape index (κ2) is 8.52. The first-order valence-corrected chi connectivity index (χ1v) is 13.2. The highest BCUT2D eigenvalue weighted by molar-refractivity contribution is 6.10. The van der Waals surface area contributed by atoms with Crippen molar-refractivity contribution in [3.63, 3.8) is 0 Å². The summed E-state index contributed by atoms with van der Waals surface area (Å²) in [6, 6.07) is 46.1. The van der Waals surface area contributed by atoms with E-state index in [0.717, 1.165) is 72.1 Å². The lowest BCUT2D eigenvalue weighted by atomic mass is 9.89. The van der Waals surface area contributed by atoms with E-state index in [1.54, 1.807) is 0 Å². The molecule has 0 spiro atoms. The fourth-order valence-corrected chi connectivity index (χ4v) is 6.18. The molecule has 0 bridgehead atoms. The van der Waals surface area contributed by atoms with Crippen molar-refractivity contribution in [3.05, 3.63) is 139 Å². The topological polar surface area (TPSA) is 38.1 Å². The number of hydrogen-bond donors (Lipinski definition) is 1. The molecule has 1 unspecified atom stereocenters. The van der Waals surface area contributed by atoms with Crippen molar-refractivity contribution >= 4 is 21.8 Å². The summed E-state index contributed by atoms with van der Waals surface area (Å²) >= 11 is 0. The average molecular weight is 501 g/mol. The van der Waals surface area contributed by atoms with Crippen LogP contribution in [0.2, 0.25) is 0 Å². The molecule has 0 radical (unpaired) electrons. The molecule has 1 aromatic heterocycles. The average Bonchev–Trinajstić information content (AvgIpc) is 3.42. The molecular weight excluding hydrogens is 476 g/mol. The summed E-state index contributed by atoms with van der Waals surface area (Å²) in [5.74, 6) is 0.793. The third kappa shape index (κ3) is 3.24. The van der Waals surface area contributed by atoms with Crippen molar-refractivity contribution in [1.82, 2.24) is 9.55 Å². The Hall–Kier alpha value is -4.99. The van der Waals surface area contributed by atoms with Crippen molar-refractivity contribution in [2.75, 3.05) is 0 Å². The molecule has 3 heteroatoms. The predicted octanol–water partition coefficient (Wildman–Crippen LogP) is 8.71. The largest absolute Gasteiger partial charge is 0.369 e. The Morgan fingerprint density at radius 1 is 0.513 bits per heavy atom. The molecule has 3 nitrogen and oxygen atoms in total. The minimum atomic E-state index is -0.860. The maximum Gasteiger partial charge on any atom is 0.159 e. The minimum absolute atomic E-state index is 0.793. The van der Waals surface area contributed by atoms with Crippen LogP contribution < -0.4 is 0 Å². The van der Waals surface area contributed by atoms with Crippen LogP contribution in [0.3, 0.4) is 0 Å². The number of aliphatic hydroxyl groups excluding tert-OH is 1. The fraction of sp³-hybridized carbons (Fsp3) is 0.0278. The van der Waals surface area contributed by atoms with E-state index in [9.17, 15) is 5.11 Å². The molecule has 1 atom stereocenters. The van der Waals surface area contributed by atoms with Crippen LogP contribution in [0.1, 0.15) is 11.8 Å². The van der Waals surface area contributed by atoms with Crippen LogP contribution in [0.4, 0.5) is 0 Å². The summed E-state index contributed by atoms with van der Waals surface area (Å²) in [5.41, 5.74) is 10.4. The van der Waals surface area contributed by atoms with Gasteiger partial charge in [0.05, 0.1) is 11.0 Å². The zero-order chi connectivity index (χ0) is 25.9. The van der Waals surface area contributed by atoms with Crippen LogP contribution in [-0.2, 0) is 0 Å². The molecule has 1 aliphatic rings. The smallest absolute Gasteiger partial charge is 0.159 e. The summed E-state index contributed by atoms with van der Waals surface area (Å²) in [5, 5.41) is 14.2. The van der Waals surface area contributed by atoms with Gasteiger partial charge in [-0.1, -0.05) is 133 Å². The lowest BCUT2D eigenvalue weighted by Gasteiger charge is -2.26. The molecule has 0 amide bonds. The number of nitrogens with zero attached hydrogens (tertiary/aromatic N) is 2. The van der Waals surface area contributed by atoms with Gasteiger partial charge in [0, 0.05) is 27.6 Å². The van der Waals surface area contributed by atoms with Gasteiger partial charge in [0.2, 0.25) is 0 Å². The highest BCUT2D eigenvalue weighted by Crippen LogP contribution is 2.47. The van der Waals surface area contributed by atoms with Gasteiger partial charge in [-0.3, -0.25) is 4.57 Å². The fourth-order valence-electron chi connectivity index (χ4n) is 6.18. The van der Waals surface area contributed by atoms with Crippen LogP contribution >= 0.6 is 0 Å². The van der Waals surface area contributed by atoms with Crippen molar-refractivity contribution < 1.29 is 5.11 Å². The molecule has 0 fully saturated rings. The summed E-state index contributed by atoms with van der Waals surface area (Å²) in [6.07, 6.45) is -0.860. The summed E-state index contributed by atoms with van der Waals surface area (Å²) in [6.45, 7) is 0. The molecule has 2 heterocycles.